The number of methoxy groups -OCH3 is 1. The van der Waals surface area contributed by atoms with Gasteiger partial charge in [-0.1, -0.05) is 82.3 Å². The third-order valence-corrected chi connectivity index (χ3v) is 12.7. The molecule has 12 nitrogen and oxygen atoms in total. The average Bonchev–Trinajstić information content (AvgIpc) is 4.10. The van der Waals surface area contributed by atoms with Crippen LogP contribution < -0.4 is 10.6 Å². The Labute approximate surface area is 340 Å². The molecule has 2 bridgehead atoms. The fraction of sp³-hybridized carbons (Fsp3) is 0.435. The van der Waals surface area contributed by atoms with Crippen LogP contribution in [-0.2, 0) is 14.3 Å². The molecular weight excluding hydrogens is 729 g/mol. The monoisotopic (exact) mass is 782 g/mol. The van der Waals surface area contributed by atoms with Gasteiger partial charge in [-0.05, 0) is 89.7 Å². The zero-order chi connectivity index (χ0) is 40.5. The Morgan fingerprint density at radius 3 is 1.98 bits per heavy atom. The summed E-state index contributed by atoms with van der Waals surface area (Å²) in [5.41, 5.74) is 7.09. The molecule has 1 saturated heterocycles. The summed E-state index contributed by atoms with van der Waals surface area (Å²) >= 11 is 0. The lowest BCUT2D eigenvalue weighted by Gasteiger charge is -2.31. The van der Waals surface area contributed by atoms with E-state index in [1.54, 1.807) is 6.20 Å². The first-order valence-electron chi connectivity index (χ1n) is 20.8. The lowest BCUT2D eigenvalue weighted by atomic mass is 9.78. The molecule has 12 heteroatoms. The van der Waals surface area contributed by atoms with Gasteiger partial charge in [-0.2, -0.15) is 0 Å². The molecule has 2 saturated carbocycles. The summed E-state index contributed by atoms with van der Waals surface area (Å²) in [5, 5.41) is 6.12. The van der Waals surface area contributed by atoms with Crippen LogP contribution in [0.3, 0.4) is 0 Å². The Bertz CT molecular complexity index is 2210. The summed E-state index contributed by atoms with van der Waals surface area (Å²) in [5.74, 6) is 2.59. The van der Waals surface area contributed by atoms with E-state index in [1.165, 1.54) is 7.11 Å². The normalized spacial score (nSPS) is 22.3. The van der Waals surface area contributed by atoms with E-state index in [1.807, 2.05) is 49.5 Å². The summed E-state index contributed by atoms with van der Waals surface area (Å²) in [6.45, 7) is 8.71. The van der Waals surface area contributed by atoms with Crippen molar-refractivity contribution in [2.75, 3.05) is 13.7 Å². The number of H-pyrrole nitrogens is 2. The maximum Gasteiger partial charge on any atom is 0.407 e. The van der Waals surface area contributed by atoms with Crippen LogP contribution in [0.15, 0.2) is 85.5 Å². The number of aromatic nitrogens is 5. The number of pyridine rings is 1. The molecule has 3 aromatic heterocycles. The molecule has 2 aliphatic carbocycles. The molecule has 2 aromatic carbocycles. The lowest BCUT2D eigenvalue weighted by Crippen LogP contribution is -2.51. The highest BCUT2D eigenvalue weighted by molar-refractivity contribution is 5.86. The summed E-state index contributed by atoms with van der Waals surface area (Å²) < 4.78 is 4.77. The molecule has 0 radical (unpaired) electrons. The van der Waals surface area contributed by atoms with E-state index in [0.29, 0.717) is 18.4 Å². The van der Waals surface area contributed by atoms with Gasteiger partial charge in [0.25, 0.3) is 0 Å². The van der Waals surface area contributed by atoms with Gasteiger partial charge in [-0.25, -0.2) is 14.8 Å². The topological polar surface area (TPSA) is 158 Å². The maximum absolute atomic E-state index is 14.0. The van der Waals surface area contributed by atoms with Crippen molar-refractivity contribution in [3.8, 4) is 33.6 Å². The number of rotatable bonds is 12. The van der Waals surface area contributed by atoms with Crippen LogP contribution in [0.5, 0.6) is 0 Å². The number of imidazole rings is 2. The van der Waals surface area contributed by atoms with Crippen molar-refractivity contribution in [3.05, 3.63) is 103 Å². The van der Waals surface area contributed by atoms with Gasteiger partial charge in [0.1, 0.15) is 17.7 Å². The van der Waals surface area contributed by atoms with Crippen LogP contribution in [0.1, 0.15) is 95.0 Å². The van der Waals surface area contributed by atoms with E-state index in [4.69, 9.17) is 14.7 Å². The number of carbonyl (C=O) groups is 3. The van der Waals surface area contributed by atoms with Crippen LogP contribution in [0.2, 0.25) is 0 Å². The summed E-state index contributed by atoms with van der Waals surface area (Å²) in [6.07, 6.45) is 11.7. The van der Waals surface area contributed by atoms with Gasteiger partial charge in [-0.15, -0.1) is 0 Å². The largest absolute Gasteiger partial charge is 0.453 e. The Morgan fingerprint density at radius 2 is 1.38 bits per heavy atom. The molecule has 302 valence electrons. The van der Waals surface area contributed by atoms with Crippen molar-refractivity contribution >= 4 is 17.9 Å². The predicted molar refractivity (Wildman–Crippen MR) is 222 cm³/mol. The second-order valence-electron chi connectivity index (χ2n) is 17.0. The lowest BCUT2D eigenvalue weighted by molar-refractivity contribution is -0.135. The SMILES string of the molecule is COC(=O)N[C@H](C(=O)N1CCC[C@H]1c1ncc(-c2ccc(-c3ccc(-c4cnc(C5[C@H]6CC[C@H](C6)[C@H]5C(=O)N[C@@H](c5cccnc5)C(C)C)[nH]4)cc3)cc2)[nH]1)C(C)C. The fourth-order valence-corrected chi connectivity index (χ4v) is 9.69. The molecule has 3 fully saturated rings. The van der Waals surface area contributed by atoms with E-state index in [-0.39, 0.29) is 47.6 Å². The number of aromatic amines is 2. The Kier molecular flexibility index (Phi) is 11.2. The number of amides is 3. The highest BCUT2D eigenvalue weighted by Crippen LogP contribution is 2.56. The number of nitrogens with one attached hydrogen (secondary N) is 4. The number of benzene rings is 2. The first-order valence-corrected chi connectivity index (χ1v) is 20.8. The highest BCUT2D eigenvalue weighted by atomic mass is 16.5. The zero-order valence-corrected chi connectivity index (χ0v) is 33.9. The molecule has 3 aliphatic rings. The van der Waals surface area contributed by atoms with Crippen molar-refractivity contribution in [1.82, 2.24) is 40.5 Å². The smallest absolute Gasteiger partial charge is 0.407 e. The molecular formula is C46H54N8O4. The first kappa shape index (κ1) is 39.1. The number of likely N-dealkylation sites (tertiary alicyclic amines) is 1. The molecule has 58 heavy (non-hydrogen) atoms. The molecule has 8 rings (SSSR count). The molecule has 1 unspecified atom stereocenters. The quantitative estimate of drug-likeness (QED) is 0.0993. The Balaban J connectivity index is 0.928. The van der Waals surface area contributed by atoms with Crippen LogP contribution in [0.25, 0.3) is 33.6 Å². The van der Waals surface area contributed by atoms with Crippen molar-refractivity contribution < 1.29 is 19.1 Å². The number of carbonyl (C=O) groups excluding carboxylic acids is 3. The minimum Gasteiger partial charge on any atom is -0.453 e. The van der Waals surface area contributed by atoms with Crippen molar-refractivity contribution in [2.45, 2.75) is 83.8 Å². The second kappa shape index (κ2) is 16.6. The molecule has 1 aliphatic heterocycles. The summed E-state index contributed by atoms with van der Waals surface area (Å²) in [6, 6.07) is 19.9. The Hall–Kier alpha value is -5.78. The van der Waals surface area contributed by atoms with E-state index >= 15 is 0 Å². The van der Waals surface area contributed by atoms with Gasteiger partial charge in [0.15, 0.2) is 0 Å². The van der Waals surface area contributed by atoms with Crippen molar-refractivity contribution in [2.24, 2.45) is 29.6 Å². The zero-order valence-electron chi connectivity index (χ0n) is 33.9. The number of hydrogen-bond acceptors (Lipinski definition) is 7. The summed E-state index contributed by atoms with van der Waals surface area (Å²) in [7, 11) is 1.30. The first-order chi connectivity index (χ1) is 28.1. The van der Waals surface area contributed by atoms with Gasteiger partial charge >= 0.3 is 6.09 Å². The predicted octanol–water partition coefficient (Wildman–Crippen LogP) is 8.22. The number of fused-ring (bicyclic) bond motifs is 2. The van der Waals surface area contributed by atoms with E-state index < -0.39 is 12.1 Å². The third-order valence-electron chi connectivity index (χ3n) is 12.7. The van der Waals surface area contributed by atoms with Crippen molar-refractivity contribution in [1.29, 1.82) is 0 Å². The third kappa shape index (κ3) is 7.76. The molecule has 5 aromatic rings. The molecule has 7 atom stereocenters. The van der Waals surface area contributed by atoms with Crippen molar-refractivity contribution in [3.63, 3.8) is 0 Å². The van der Waals surface area contributed by atoms with Gasteiger partial charge in [-0.3, -0.25) is 14.6 Å². The molecule has 3 amide bonds. The standard InChI is InChI=1S/C46H54N8O4/c1-26(2)40(34-8-6-20-47-23-34)52-44(55)39-33-19-18-32(22-33)38(39)43-49-25-36(51-43)31-16-12-29(13-17-31)28-10-14-30(15-11-28)35-24-48-42(50-35)37-9-7-21-54(37)45(56)41(27(3)4)53-46(57)58-5/h6,8,10-17,20,23-27,32-33,37-41H,7,9,18-19,21-22H2,1-5H3,(H,48,50)(H,49,51)(H,52,55)(H,53,57)/t32-,33+,37-,38?,39+,40+,41-/m0/s1. The maximum atomic E-state index is 14.0. The van der Waals surface area contributed by atoms with Gasteiger partial charge in [0, 0.05) is 24.9 Å². The number of alkyl carbamates (subject to hydrolysis) is 1. The van der Waals surface area contributed by atoms with Gasteiger partial charge in [0.05, 0.1) is 48.9 Å². The van der Waals surface area contributed by atoms with E-state index in [9.17, 15) is 14.4 Å². The minimum atomic E-state index is -0.678. The number of ether oxygens (including phenoxy) is 1. The highest BCUT2D eigenvalue weighted by Gasteiger charge is 2.52. The Morgan fingerprint density at radius 1 is 0.759 bits per heavy atom. The minimum absolute atomic E-state index is 0.0742. The average molecular weight is 783 g/mol. The van der Waals surface area contributed by atoms with E-state index in [2.05, 4.69) is 88.0 Å². The molecule has 0 spiro atoms. The van der Waals surface area contributed by atoms with Crippen LogP contribution in [0, 0.1) is 29.6 Å². The second-order valence-corrected chi connectivity index (χ2v) is 17.0. The summed E-state index contributed by atoms with van der Waals surface area (Å²) in [4.78, 5) is 62.4. The van der Waals surface area contributed by atoms with Gasteiger partial charge < -0.3 is 30.2 Å². The van der Waals surface area contributed by atoms with Crippen LogP contribution in [-0.4, -0.2) is 67.4 Å². The number of hydrogen-bond donors (Lipinski definition) is 4. The van der Waals surface area contributed by atoms with Crippen LogP contribution >= 0.6 is 0 Å². The van der Waals surface area contributed by atoms with E-state index in [0.717, 1.165) is 83.0 Å². The fourth-order valence-electron chi connectivity index (χ4n) is 9.69. The molecule has 4 N–H and O–H groups in total. The van der Waals surface area contributed by atoms with Gasteiger partial charge in [0.2, 0.25) is 11.8 Å². The number of nitrogens with zero attached hydrogens (tertiary/aromatic N) is 4. The molecule has 4 heterocycles. The van der Waals surface area contributed by atoms with Crippen LogP contribution in [0.4, 0.5) is 4.79 Å².